The standard InChI is InChI=1S/C15H21NO5/c1-16(7-3-4-11(17)21-2)14(18)12-9-5-6-10(8-9)13(12)15(19)20/h5-6,9-10,12-13H,3-4,7-8H2,1-2H3,(H,19,20). The lowest BCUT2D eigenvalue weighted by molar-refractivity contribution is -0.150. The molecule has 2 rings (SSSR count). The number of aliphatic carboxylic acids is 1. The van der Waals surface area contributed by atoms with Gasteiger partial charge in [-0.15, -0.1) is 0 Å². The summed E-state index contributed by atoms with van der Waals surface area (Å²) in [6, 6.07) is 0. The molecule has 21 heavy (non-hydrogen) atoms. The van der Waals surface area contributed by atoms with E-state index in [1.54, 1.807) is 7.05 Å². The van der Waals surface area contributed by atoms with Gasteiger partial charge >= 0.3 is 11.9 Å². The zero-order valence-corrected chi connectivity index (χ0v) is 12.3. The Morgan fingerprint density at radius 1 is 1.24 bits per heavy atom. The number of carboxylic acid groups (broad SMARTS) is 1. The third-order valence-corrected chi connectivity index (χ3v) is 4.51. The molecule has 116 valence electrons. The van der Waals surface area contributed by atoms with Crippen molar-refractivity contribution in [3.05, 3.63) is 12.2 Å². The van der Waals surface area contributed by atoms with Crippen molar-refractivity contribution in [3.63, 3.8) is 0 Å². The highest BCUT2D eigenvalue weighted by Gasteiger charge is 2.52. The lowest BCUT2D eigenvalue weighted by atomic mass is 9.82. The molecule has 6 heteroatoms. The van der Waals surface area contributed by atoms with E-state index in [0.29, 0.717) is 13.0 Å². The van der Waals surface area contributed by atoms with Gasteiger partial charge in [0.25, 0.3) is 0 Å². The summed E-state index contributed by atoms with van der Waals surface area (Å²) in [4.78, 5) is 36.5. The molecular formula is C15H21NO5. The molecule has 0 radical (unpaired) electrons. The van der Waals surface area contributed by atoms with E-state index in [1.165, 1.54) is 12.0 Å². The number of nitrogens with zero attached hydrogens (tertiary/aromatic N) is 1. The van der Waals surface area contributed by atoms with Crippen LogP contribution in [-0.2, 0) is 19.1 Å². The predicted molar refractivity (Wildman–Crippen MR) is 74.2 cm³/mol. The summed E-state index contributed by atoms with van der Waals surface area (Å²) < 4.78 is 4.55. The molecule has 0 aromatic carbocycles. The number of rotatable bonds is 6. The second-order valence-electron chi connectivity index (χ2n) is 5.78. The van der Waals surface area contributed by atoms with Gasteiger partial charge in [-0.25, -0.2) is 0 Å². The maximum Gasteiger partial charge on any atom is 0.307 e. The van der Waals surface area contributed by atoms with Crippen molar-refractivity contribution in [2.45, 2.75) is 19.3 Å². The number of fused-ring (bicyclic) bond motifs is 2. The fourth-order valence-electron chi connectivity index (χ4n) is 3.42. The predicted octanol–water partition coefficient (Wildman–Crippen LogP) is 0.921. The minimum Gasteiger partial charge on any atom is -0.481 e. The van der Waals surface area contributed by atoms with Crippen LogP contribution in [0, 0.1) is 23.7 Å². The molecule has 4 atom stereocenters. The highest BCUT2D eigenvalue weighted by atomic mass is 16.5. The van der Waals surface area contributed by atoms with E-state index >= 15 is 0 Å². The molecule has 1 N–H and O–H groups in total. The summed E-state index contributed by atoms with van der Waals surface area (Å²) in [5, 5.41) is 9.35. The summed E-state index contributed by atoms with van der Waals surface area (Å²) in [5.74, 6) is -2.41. The molecule has 0 aromatic rings. The van der Waals surface area contributed by atoms with Crippen LogP contribution in [0.3, 0.4) is 0 Å². The first kappa shape index (κ1) is 15.5. The van der Waals surface area contributed by atoms with Crippen LogP contribution in [0.5, 0.6) is 0 Å². The van der Waals surface area contributed by atoms with E-state index < -0.39 is 17.8 Å². The number of esters is 1. The molecule has 1 fully saturated rings. The van der Waals surface area contributed by atoms with Crippen LogP contribution < -0.4 is 0 Å². The first-order valence-electron chi connectivity index (χ1n) is 7.18. The lowest BCUT2D eigenvalue weighted by Crippen LogP contribution is -2.41. The molecule has 0 heterocycles. The van der Waals surface area contributed by atoms with Crippen LogP contribution >= 0.6 is 0 Å². The summed E-state index contributed by atoms with van der Waals surface area (Å²) in [5.41, 5.74) is 0. The van der Waals surface area contributed by atoms with E-state index in [2.05, 4.69) is 4.74 Å². The molecule has 0 aliphatic heterocycles. The molecule has 6 nitrogen and oxygen atoms in total. The van der Waals surface area contributed by atoms with Crippen molar-refractivity contribution in [1.82, 2.24) is 4.90 Å². The van der Waals surface area contributed by atoms with Gasteiger partial charge in [0.1, 0.15) is 0 Å². The molecule has 1 saturated carbocycles. The maximum absolute atomic E-state index is 12.5. The molecular weight excluding hydrogens is 274 g/mol. The maximum atomic E-state index is 12.5. The number of carbonyl (C=O) groups is 3. The van der Waals surface area contributed by atoms with Crippen LogP contribution in [0.15, 0.2) is 12.2 Å². The Labute approximate surface area is 123 Å². The van der Waals surface area contributed by atoms with Crippen molar-refractivity contribution in [2.75, 3.05) is 20.7 Å². The molecule has 4 unspecified atom stereocenters. The fourth-order valence-corrected chi connectivity index (χ4v) is 3.42. The molecule has 2 aliphatic rings. The summed E-state index contributed by atoms with van der Waals surface area (Å²) in [7, 11) is 2.99. The fraction of sp³-hybridized carbons (Fsp3) is 0.667. The van der Waals surface area contributed by atoms with Gasteiger partial charge in [0, 0.05) is 20.0 Å². The van der Waals surface area contributed by atoms with E-state index in [-0.39, 0.29) is 30.1 Å². The Kier molecular flexibility index (Phi) is 4.65. The average Bonchev–Trinajstić information content (AvgIpc) is 3.06. The topological polar surface area (TPSA) is 83.9 Å². The van der Waals surface area contributed by atoms with Crippen molar-refractivity contribution < 1.29 is 24.2 Å². The van der Waals surface area contributed by atoms with E-state index in [9.17, 15) is 19.5 Å². The second-order valence-corrected chi connectivity index (χ2v) is 5.78. The van der Waals surface area contributed by atoms with Gasteiger partial charge < -0.3 is 14.7 Å². The second kappa shape index (κ2) is 6.28. The van der Waals surface area contributed by atoms with Crippen LogP contribution in [0.4, 0.5) is 0 Å². The van der Waals surface area contributed by atoms with Crippen molar-refractivity contribution >= 4 is 17.8 Å². The number of carboxylic acids is 1. The zero-order chi connectivity index (χ0) is 15.6. The summed E-state index contributed by atoms with van der Waals surface area (Å²) >= 11 is 0. The van der Waals surface area contributed by atoms with Gasteiger partial charge in [-0.3, -0.25) is 14.4 Å². The number of hydrogen-bond donors (Lipinski definition) is 1. The first-order chi connectivity index (χ1) is 9.95. The van der Waals surface area contributed by atoms with Gasteiger partial charge in [-0.05, 0) is 24.7 Å². The normalized spacial score (nSPS) is 29.4. The number of allylic oxidation sites excluding steroid dienone is 2. The SMILES string of the molecule is COC(=O)CCCN(C)C(=O)C1C2C=CC(C2)C1C(=O)O. The Balaban J connectivity index is 1.94. The third kappa shape index (κ3) is 3.09. The number of ether oxygens (including phenoxy) is 1. The van der Waals surface area contributed by atoms with E-state index in [0.717, 1.165) is 6.42 Å². The highest BCUT2D eigenvalue weighted by molar-refractivity contribution is 5.86. The Hall–Kier alpha value is -1.85. The largest absolute Gasteiger partial charge is 0.481 e. The quantitative estimate of drug-likeness (QED) is 0.582. The third-order valence-electron chi connectivity index (χ3n) is 4.51. The Morgan fingerprint density at radius 2 is 1.86 bits per heavy atom. The van der Waals surface area contributed by atoms with Gasteiger partial charge in [0.15, 0.2) is 0 Å². The van der Waals surface area contributed by atoms with Crippen LogP contribution in [0.2, 0.25) is 0 Å². The van der Waals surface area contributed by atoms with Crippen molar-refractivity contribution in [2.24, 2.45) is 23.7 Å². The van der Waals surface area contributed by atoms with Gasteiger partial charge in [0.05, 0.1) is 18.9 Å². The zero-order valence-electron chi connectivity index (χ0n) is 12.3. The lowest BCUT2D eigenvalue weighted by Gasteiger charge is -2.28. The molecule has 2 aliphatic carbocycles. The van der Waals surface area contributed by atoms with E-state index in [4.69, 9.17) is 0 Å². The number of amides is 1. The van der Waals surface area contributed by atoms with E-state index in [1.807, 2.05) is 12.2 Å². The van der Waals surface area contributed by atoms with Gasteiger partial charge in [-0.2, -0.15) is 0 Å². The Morgan fingerprint density at radius 3 is 2.43 bits per heavy atom. The first-order valence-corrected chi connectivity index (χ1v) is 7.18. The number of hydrogen-bond acceptors (Lipinski definition) is 4. The smallest absolute Gasteiger partial charge is 0.307 e. The molecule has 0 saturated heterocycles. The molecule has 2 bridgehead atoms. The van der Waals surface area contributed by atoms with Gasteiger partial charge in [0.2, 0.25) is 5.91 Å². The van der Waals surface area contributed by atoms with Crippen LogP contribution in [-0.4, -0.2) is 48.6 Å². The summed E-state index contributed by atoms with van der Waals surface area (Å²) in [6.07, 6.45) is 5.42. The van der Waals surface area contributed by atoms with Crippen molar-refractivity contribution in [1.29, 1.82) is 0 Å². The van der Waals surface area contributed by atoms with Crippen LogP contribution in [0.1, 0.15) is 19.3 Å². The number of carbonyl (C=O) groups excluding carboxylic acids is 2. The van der Waals surface area contributed by atoms with Crippen molar-refractivity contribution in [3.8, 4) is 0 Å². The minimum atomic E-state index is -0.895. The van der Waals surface area contributed by atoms with Gasteiger partial charge in [-0.1, -0.05) is 12.2 Å². The summed E-state index contributed by atoms with van der Waals surface area (Å²) in [6.45, 7) is 0.428. The molecule has 0 aromatic heterocycles. The monoisotopic (exact) mass is 295 g/mol. The Bertz CT molecular complexity index is 473. The molecule has 0 spiro atoms. The highest BCUT2D eigenvalue weighted by Crippen LogP contribution is 2.48. The average molecular weight is 295 g/mol. The number of methoxy groups -OCH3 is 1. The minimum absolute atomic E-state index is 0.0232. The molecule has 1 amide bonds. The van der Waals surface area contributed by atoms with Crippen LogP contribution in [0.25, 0.3) is 0 Å².